The van der Waals surface area contributed by atoms with Crippen LogP contribution in [0.25, 0.3) is 0 Å². The first kappa shape index (κ1) is 16.8. The summed E-state index contributed by atoms with van der Waals surface area (Å²) in [5.41, 5.74) is 0.525. The highest BCUT2D eigenvalue weighted by Crippen LogP contribution is 2.15. The first-order valence-electron chi connectivity index (χ1n) is 5.87. The molecule has 21 heavy (non-hydrogen) atoms. The third-order valence-electron chi connectivity index (χ3n) is 2.72. The number of carbonyl (C=O) groups excluding carboxylic acids is 2. The Hall–Kier alpha value is -2.28. The zero-order valence-corrected chi connectivity index (χ0v) is 11.9. The molecular formula is C13H14ClNO6. The van der Waals surface area contributed by atoms with Crippen molar-refractivity contribution in [2.45, 2.75) is 12.5 Å². The quantitative estimate of drug-likeness (QED) is 0.792. The predicted octanol–water partition coefficient (Wildman–Crippen LogP) is 1.22. The van der Waals surface area contributed by atoms with Gasteiger partial charge in [-0.25, -0.2) is 14.5 Å². The molecule has 0 heterocycles. The molecule has 114 valence electrons. The second-order valence-electron chi connectivity index (χ2n) is 4.09. The Bertz CT molecular complexity index is 514. The van der Waals surface area contributed by atoms with E-state index in [-0.39, 0.29) is 12.2 Å². The summed E-state index contributed by atoms with van der Waals surface area (Å²) < 4.78 is 4.43. The zero-order valence-electron chi connectivity index (χ0n) is 11.2. The van der Waals surface area contributed by atoms with Crippen molar-refractivity contribution in [3.63, 3.8) is 0 Å². The highest BCUT2D eigenvalue weighted by molar-refractivity contribution is 6.28. The number of alkyl halides is 1. The van der Waals surface area contributed by atoms with Gasteiger partial charge in [0.25, 0.3) is 0 Å². The lowest BCUT2D eigenvalue weighted by Gasteiger charge is -2.25. The fourth-order valence-electron chi connectivity index (χ4n) is 1.71. The fourth-order valence-corrected chi connectivity index (χ4v) is 1.84. The Kier molecular flexibility index (Phi) is 5.98. The third-order valence-corrected chi connectivity index (χ3v) is 2.95. The molecule has 0 spiro atoms. The summed E-state index contributed by atoms with van der Waals surface area (Å²) in [7, 11) is 1.04. The molecule has 0 radical (unpaired) electrons. The average Bonchev–Trinajstić information content (AvgIpc) is 2.47. The van der Waals surface area contributed by atoms with Gasteiger partial charge < -0.3 is 14.9 Å². The number of phenolic OH excluding ortho intramolecular Hbond substituents is 1. The van der Waals surface area contributed by atoms with Crippen LogP contribution in [0.5, 0.6) is 5.75 Å². The molecule has 0 aliphatic heterocycles. The number of benzene rings is 1. The predicted molar refractivity (Wildman–Crippen MR) is 73.2 cm³/mol. The number of imide groups is 1. The summed E-state index contributed by atoms with van der Waals surface area (Å²) in [4.78, 5) is 35.1. The van der Waals surface area contributed by atoms with Crippen LogP contribution in [0.1, 0.15) is 5.56 Å². The van der Waals surface area contributed by atoms with E-state index in [1.807, 2.05) is 0 Å². The number of phenols is 1. The van der Waals surface area contributed by atoms with Gasteiger partial charge in [0.1, 0.15) is 17.7 Å². The summed E-state index contributed by atoms with van der Waals surface area (Å²) >= 11 is 5.40. The number of aromatic hydroxyl groups is 1. The number of carboxylic acid groups (broad SMARTS) is 1. The second-order valence-corrected chi connectivity index (χ2v) is 4.36. The molecule has 2 N–H and O–H groups in total. The van der Waals surface area contributed by atoms with E-state index in [0.717, 1.165) is 7.11 Å². The molecule has 1 atom stereocenters. The van der Waals surface area contributed by atoms with Crippen LogP contribution >= 0.6 is 11.6 Å². The minimum atomic E-state index is -1.45. The average molecular weight is 316 g/mol. The number of carbonyl (C=O) groups is 3. The van der Waals surface area contributed by atoms with E-state index < -0.39 is 29.9 Å². The first-order valence-corrected chi connectivity index (χ1v) is 6.40. The molecule has 2 amide bonds. The van der Waals surface area contributed by atoms with Crippen LogP contribution in [-0.2, 0) is 20.7 Å². The van der Waals surface area contributed by atoms with Gasteiger partial charge in [0.15, 0.2) is 0 Å². The number of nitrogens with zero attached hydrogens (tertiary/aromatic N) is 1. The maximum atomic E-state index is 11.7. The fraction of sp³-hybridized carbons (Fsp3) is 0.308. The number of hydrogen-bond acceptors (Lipinski definition) is 5. The van der Waals surface area contributed by atoms with Crippen LogP contribution in [0, 0.1) is 0 Å². The van der Waals surface area contributed by atoms with E-state index in [9.17, 15) is 24.6 Å². The molecule has 1 aromatic carbocycles. The second kappa shape index (κ2) is 7.49. The summed E-state index contributed by atoms with van der Waals surface area (Å²) in [5, 5.41) is 18.4. The number of carboxylic acids is 1. The van der Waals surface area contributed by atoms with Crippen molar-refractivity contribution in [3.8, 4) is 5.75 Å². The number of hydrogen-bond donors (Lipinski definition) is 2. The van der Waals surface area contributed by atoms with Crippen LogP contribution < -0.4 is 0 Å². The minimum Gasteiger partial charge on any atom is -0.508 e. The molecule has 0 aliphatic carbocycles. The van der Waals surface area contributed by atoms with Crippen LogP contribution in [-0.4, -0.2) is 52.1 Å². The van der Waals surface area contributed by atoms with Crippen molar-refractivity contribution in [3.05, 3.63) is 29.8 Å². The van der Waals surface area contributed by atoms with Gasteiger partial charge in [0.2, 0.25) is 5.91 Å². The molecule has 0 unspecified atom stereocenters. The first-order chi connectivity index (χ1) is 9.90. The SMILES string of the molecule is COC(=O)N(C(=O)CCl)[C@@H](Cc1ccc(O)cc1)C(=O)O. The molecule has 0 aromatic heterocycles. The molecule has 0 fully saturated rings. The van der Waals surface area contributed by atoms with Crippen LogP contribution in [0.3, 0.4) is 0 Å². The maximum Gasteiger partial charge on any atom is 0.417 e. The molecule has 0 saturated heterocycles. The van der Waals surface area contributed by atoms with Crippen LogP contribution in [0.2, 0.25) is 0 Å². The Morgan fingerprint density at radius 2 is 1.86 bits per heavy atom. The normalized spacial score (nSPS) is 11.5. The number of ether oxygens (including phenoxy) is 1. The van der Waals surface area contributed by atoms with Crippen LogP contribution in [0.15, 0.2) is 24.3 Å². The topological polar surface area (TPSA) is 104 Å². The van der Waals surface area contributed by atoms with Crippen molar-refractivity contribution < 1.29 is 29.3 Å². The van der Waals surface area contributed by atoms with Gasteiger partial charge in [-0.1, -0.05) is 12.1 Å². The van der Waals surface area contributed by atoms with Gasteiger partial charge in [-0.15, -0.1) is 11.6 Å². The molecule has 0 saturated carbocycles. The van der Waals surface area contributed by atoms with Crippen LogP contribution in [0.4, 0.5) is 4.79 Å². The lowest BCUT2D eigenvalue weighted by atomic mass is 10.0. The Labute approximate surface area is 125 Å². The van der Waals surface area contributed by atoms with E-state index in [1.165, 1.54) is 24.3 Å². The van der Waals surface area contributed by atoms with E-state index in [0.29, 0.717) is 10.5 Å². The van der Waals surface area contributed by atoms with Gasteiger partial charge in [-0.2, -0.15) is 0 Å². The highest BCUT2D eigenvalue weighted by Gasteiger charge is 2.35. The highest BCUT2D eigenvalue weighted by atomic mass is 35.5. The summed E-state index contributed by atoms with van der Waals surface area (Å²) in [5.74, 6) is -2.76. The van der Waals surface area contributed by atoms with Crippen molar-refractivity contribution in [1.29, 1.82) is 0 Å². The van der Waals surface area contributed by atoms with E-state index >= 15 is 0 Å². The van der Waals surface area contributed by atoms with Crippen molar-refractivity contribution in [2.24, 2.45) is 0 Å². The van der Waals surface area contributed by atoms with Gasteiger partial charge in [-0.3, -0.25) is 4.79 Å². The number of aliphatic carboxylic acids is 1. The number of methoxy groups -OCH3 is 1. The molecule has 0 aliphatic rings. The van der Waals surface area contributed by atoms with E-state index in [4.69, 9.17) is 11.6 Å². The zero-order chi connectivity index (χ0) is 16.0. The van der Waals surface area contributed by atoms with Gasteiger partial charge >= 0.3 is 12.1 Å². The molecule has 1 rings (SSSR count). The smallest absolute Gasteiger partial charge is 0.417 e. The van der Waals surface area contributed by atoms with Gasteiger partial charge in [0.05, 0.1) is 7.11 Å². The number of amides is 2. The summed E-state index contributed by atoms with van der Waals surface area (Å²) in [6.07, 6.45) is -1.22. The molecule has 8 heteroatoms. The molecule has 0 bridgehead atoms. The Morgan fingerprint density at radius 1 is 1.29 bits per heavy atom. The molecule has 1 aromatic rings. The summed E-state index contributed by atoms with van der Waals surface area (Å²) in [6, 6.07) is 4.28. The van der Waals surface area contributed by atoms with Crippen molar-refractivity contribution in [2.75, 3.05) is 13.0 Å². The molecule has 7 nitrogen and oxygen atoms in total. The third kappa shape index (κ3) is 4.35. The monoisotopic (exact) mass is 315 g/mol. The van der Waals surface area contributed by atoms with E-state index in [1.54, 1.807) is 0 Å². The maximum absolute atomic E-state index is 11.7. The van der Waals surface area contributed by atoms with E-state index in [2.05, 4.69) is 4.74 Å². The van der Waals surface area contributed by atoms with Crippen molar-refractivity contribution in [1.82, 2.24) is 4.90 Å². The Morgan fingerprint density at radius 3 is 2.29 bits per heavy atom. The van der Waals surface area contributed by atoms with Gasteiger partial charge in [0, 0.05) is 6.42 Å². The lowest BCUT2D eigenvalue weighted by Crippen LogP contribution is -2.50. The van der Waals surface area contributed by atoms with Crippen molar-refractivity contribution >= 4 is 29.6 Å². The summed E-state index contributed by atoms with van der Waals surface area (Å²) in [6.45, 7) is 0. The van der Waals surface area contributed by atoms with Gasteiger partial charge in [-0.05, 0) is 17.7 Å². The lowest BCUT2D eigenvalue weighted by molar-refractivity contribution is -0.147. The number of halogens is 1. The molecular weight excluding hydrogens is 302 g/mol. The standard InChI is InChI=1S/C13H14ClNO6/c1-21-13(20)15(11(17)7-14)10(12(18)19)6-8-2-4-9(16)5-3-8/h2-5,10,16H,6-7H2,1H3,(H,18,19)/t10-/m0/s1. The number of rotatable bonds is 5. The largest absolute Gasteiger partial charge is 0.508 e. The minimum absolute atomic E-state index is 0.0206. The Balaban J connectivity index is 3.07.